The molecule has 2 aliphatic heterocycles. The van der Waals surface area contributed by atoms with Crippen LogP contribution in [0.4, 0.5) is 0 Å². The molecule has 2 atom stereocenters. The van der Waals surface area contributed by atoms with Crippen molar-refractivity contribution in [2.45, 2.75) is 64.0 Å². The van der Waals surface area contributed by atoms with Crippen molar-refractivity contribution in [1.29, 1.82) is 0 Å². The van der Waals surface area contributed by atoms with Gasteiger partial charge in [0, 0.05) is 25.2 Å². The summed E-state index contributed by atoms with van der Waals surface area (Å²) < 4.78 is 28.9. The van der Waals surface area contributed by atoms with Crippen LogP contribution in [-0.2, 0) is 10.2 Å². The molecule has 2 N–H and O–H groups in total. The third-order valence-corrected chi connectivity index (χ3v) is 5.97. The van der Waals surface area contributed by atoms with Crippen molar-refractivity contribution in [2.75, 3.05) is 19.6 Å². The lowest BCUT2D eigenvalue weighted by Crippen LogP contribution is -2.48. The van der Waals surface area contributed by atoms with Gasteiger partial charge in [0.1, 0.15) is 0 Å². The SMILES string of the molecule is CC1CCCCN1S(=O)(=O)NCCC1CCCCN1. The Hall–Kier alpha value is -0.170. The van der Waals surface area contributed by atoms with E-state index in [4.69, 9.17) is 0 Å². The Bertz CT molecular complexity index is 366. The molecule has 0 saturated carbocycles. The van der Waals surface area contributed by atoms with Crippen LogP contribution in [0, 0.1) is 0 Å². The lowest BCUT2D eigenvalue weighted by Gasteiger charge is -2.32. The smallest absolute Gasteiger partial charge is 0.279 e. The highest BCUT2D eigenvalue weighted by Crippen LogP contribution is 2.19. The molecule has 0 aliphatic carbocycles. The predicted molar refractivity (Wildman–Crippen MR) is 77.2 cm³/mol. The first-order valence-electron chi connectivity index (χ1n) is 7.59. The second-order valence-corrected chi connectivity index (χ2v) is 7.50. The van der Waals surface area contributed by atoms with Gasteiger partial charge >= 0.3 is 0 Å². The Morgan fingerprint density at radius 3 is 2.68 bits per heavy atom. The Balaban J connectivity index is 1.76. The molecule has 0 aromatic heterocycles. The van der Waals surface area contributed by atoms with Crippen molar-refractivity contribution in [1.82, 2.24) is 14.3 Å². The fourth-order valence-electron chi connectivity index (χ4n) is 3.04. The number of hydrogen-bond donors (Lipinski definition) is 2. The third kappa shape index (κ3) is 4.41. The molecule has 112 valence electrons. The zero-order valence-electron chi connectivity index (χ0n) is 11.9. The van der Waals surface area contributed by atoms with Crippen molar-refractivity contribution < 1.29 is 8.42 Å². The normalized spacial score (nSPS) is 30.4. The molecular weight excluding hydrogens is 262 g/mol. The summed E-state index contributed by atoms with van der Waals surface area (Å²) in [6.45, 7) is 4.28. The van der Waals surface area contributed by atoms with Crippen molar-refractivity contribution in [2.24, 2.45) is 0 Å². The zero-order valence-corrected chi connectivity index (χ0v) is 12.7. The molecule has 2 unspecified atom stereocenters. The van der Waals surface area contributed by atoms with Crippen LogP contribution < -0.4 is 10.0 Å². The van der Waals surface area contributed by atoms with Gasteiger partial charge in [-0.15, -0.1) is 0 Å². The van der Waals surface area contributed by atoms with E-state index >= 15 is 0 Å². The molecule has 2 aliphatic rings. The van der Waals surface area contributed by atoms with E-state index in [2.05, 4.69) is 10.0 Å². The Morgan fingerprint density at radius 2 is 2.00 bits per heavy atom. The molecule has 5 nitrogen and oxygen atoms in total. The summed E-state index contributed by atoms with van der Waals surface area (Å²) in [6, 6.07) is 0.620. The minimum Gasteiger partial charge on any atom is -0.314 e. The van der Waals surface area contributed by atoms with Gasteiger partial charge in [-0.05, 0) is 45.6 Å². The van der Waals surface area contributed by atoms with Crippen molar-refractivity contribution in [3.05, 3.63) is 0 Å². The van der Waals surface area contributed by atoms with Crippen LogP contribution in [-0.4, -0.2) is 44.4 Å². The monoisotopic (exact) mass is 289 g/mol. The maximum absolute atomic E-state index is 12.2. The molecule has 2 fully saturated rings. The molecule has 2 heterocycles. The van der Waals surface area contributed by atoms with Gasteiger partial charge in [-0.2, -0.15) is 12.7 Å². The largest absolute Gasteiger partial charge is 0.314 e. The zero-order chi connectivity index (χ0) is 13.7. The maximum Gasteiger partial charge on any atom is 0.279 e. The molecule has 0 amide bonds. The van der Waals surface area contributed by atoms with E-state index in [1.165, 1.54) is 19.3 Å². The van der Waals surface area contributed by atoms with Crippen LogP contribution in [0.25, 0.3) is 0 Å². The quantitative estimate of drug-likeness (QED) is 0.800. The van der Waals surface area contributed by atoms with Crippen LogP contribution in [0.15, 0.2) is 0 Å². The molecule has 0 radical (unpaired) electrons. The molecule has 6 heteroatoms. The Labute approximate surface area is 117 Å². The average Bonchev–Trinajstić information content (AvgIpc) is 2.40. The van der Waals surface area contributed by atoms with Crippen LogP contribution >= 0.6 is 0 Å². The summed E-state index contributed by atoms with van der Waals surface area (Å²) in [7, 11) is -3.28. The number of rotatable bonds is 5. The molecule has 2 saturated heterocycles. The van der Waals surface area contributed by atoms with Crippen LogP contribution in [0.2, 0.25) is 0 Å². The Kier molecular flexibility index (Phi) is 5.62. The summed E-state index contributed by atoms with van der Waals surface area (Å²) in [5.74, 6) is 0. The second kappa shape index (κ2) is 7.02. The van der Waals surface area contributed by atoms with E-state index in [0.29, 0.717) is 19.1 Å². The van der Waals surface area contributed by atoms with E-state index in [1.807, 2.05) is 6.92 Å². The Morgan fingerprint density at radius 1 is 1.21 bits per heavy atom. The highest BCUT2D eigenvalue weighted by molar-refractivity contribution is 7.87. The van der Waals surface area contributed by atoms with Gasteiger partial charge in [-0.25, -0.2) is 4.72 Å². The number of nitrogens with zero attached hydrogens (tertiary/aromatic N) is 1. The first kappa shape index (κ1) is 15.2. The molecule has 0 aromatic carbocycles. The summed E-state index contributed by atoms with van der Waals surface area (Å²) >= 11 is 0. The predicted octanol–water partition coefficient (Wildman–Crippen LogP) is 1.23. The minimum atomic E-state index is -3.28. The second-order valence-electron chi connectivity index (χ2n) is 5.79. The highest BCUT2D eigenvalue weighted by atomic mass is 32.2. The topological polar surface area (TPSA) is 61.4 Å². The maximum atomic E-state index is 12.2. The van der Waals surface area contributed by atoms with Crippen molar-refractivity contribution in [3.8, 4) is 0 Å². The minimum absolute atomic E-state index is 0.138. The van der Waals surface area contributed by atoms with Crippen LogP contribution in [0.3, 0.4) is 0 Å². The molecule has 0 aromatic rings. The third-order valence-electron chi connectivity index (χ3n) is 4.24. The summed E-state index contributed by atoms with van der Waals surface area (Å²) in [6.07, 6.45) is 7.66. The van der Waals surface area contributed by atoms with Crippen molar-refractivity contribution in [3.63, 3.8) is 0 Å². The number of nitrogens with one attached hydrogen (secondary N) is 2. The van der Waals surface area contributed by atoms with Gasteiger partial charge in [-0.3, -0.25) is 0 Å². The first-order chi connectivity index (χ1) is 9.09. The van der Waals surface area contributed by atoms with E-state index in [0.717, 1.165) is 32.2 Å². The molecule has 19 heavy (non-hydrogen) atoms. The summed E-state index contributed by atoms with van der Waals surface area (Å²) in [5, 5.41) is 3.45. The van der Waals surface area contributed by atoms with Gasteiger partial charge in [-0.1, -0.05) is 12.8 Å². The summed E-state index contributed by atoms with van der Waals surface area (Å²) in [5.41, 5.74) is 0. The lowest BCUT2D eigenvalue weighted by atomic mass is 10.0. The fraction of sp³-hybridized carbons (Fsp3) is 1.00. The number of piperidine rings is 2. The van der Waals surface area contributed by atoms with Gasteiger partial charge < -0.3 is 5.32 Å². The van der Waals surface area contributed by atoms with Gasteiger partial charge in [0.25, 0.3) is 10.2 Å². The first-order valence-corrected chi connectivity index (χ1v) is 9.03. The van der Waals surface area contributed by atoms with E-state index < -0.39 is 10.2 Å². The van der Waals surface area contributed by atoms with E-state index in [1.54, 1.807) is 4.31 Å². The van der Waals surface area contributed by atoms with Crippen molar-refractivity contribution >= 4 is 10.2 Å². The lowest BCUT2D eigenvalue weighted by molar-refractivity contribution is 0.265. The molecule has 0 bridgehead atoms. The van der Waals surface area contributed by atoms with Crippen LogP contribution in [0.5, 0.6) is 0 Å². The van der Waals surface area contributed by atoms with Gasteiger partial charge in [0.2, 0.25) is 0 Å². The highest BCUT2D eigenvalue weighted by Gasteiger charge is 2.29. The molecule has 2 rings (SSSR count). The molecule has 0 spiro atoms. The van der Waals surface area contributed by atoms with Crippen LogP contribution in [0.1, 0.15) is 51.9 Å². The number of hydrogen-bond acceptors (Lipinski definition) is 3. The molecular formula is C13H27N3O2S. The summed E-state index contributed by atoms with van der Waals surface area (Å²) in [4.78, 5) is 0. The van der Waals surface area contributed by atoms with Gasteiger partial charge in [0.15, 0.2) is 0 Å². The van der Waals surface area contributed by atoms with Gasteiger partial charge in [0.05, 0.1) is 0 Å². The van der Waals surface area contributed by atoms with E-state index in [9.17, 15) is 8.42 Å². The average molecular weight is 289 g/mol. The standard InChI is InChI=1S/C13H27N3O2S/c1-12-6-3-5-11-16(12)19(17,18)15-10-8-13-7-2-4-9-14-13/h12-15H,2-11H2,1H3. The van der Waals surface area contributed by atoms with E-state index in [-0.39, 0.29) is 6.04 Å². The fourth-order valence-corrected chi connectivity index (χ4v) is 4.53.